The van der Waals surface area contributed by atoms with Crippen molar-refractivity contribution in [1.82, 2.24) is 24.5 Å². The number of nitrogens with zero attached hydrogens (tertiary/aromatic N) is 5. The van der Waals surface area contributed by atoms with E-state index in [1.54, 1.807) is 0 Å². The summed E-state index contributed by atoms with van der Waals surface area (Å²) in [6.07, 6.45) is 6.80. The lowest BCUT2D eigenvalue weighted by Gasteiger charge is -2.36. The van der Waals surface area contributed by atoms with Crippen molar-refractivity contribution in [3.63, 3.8) is 0 Å². The number of likely N-dealkylation sites (tertiary alicyclic amines) is 1. The van der Waals surface area contributed by atoms with E-state index in [9.17, 15) is 4.79 Å². The van der Waals surface area contributed by atoms with E-state index in [2.05, 4.69) is 26.4 Å². The Hall–Kier alpha value is -2.77. The first-order valence-corrected chi connectivity index (χ1v) is 11.6. The first kappa shape index (κ1) is 23.9. The van der Waals surface area contributed by atoms with E-state index in [4.69, 9.17) is 4.74 Å². The minimum atomic E-state index is -0.463. The monoisotopic (exact) mass is 442 g/mol. The third-order valence-electron chi connectivity index (χ3n) is 5.72. The third kappa shape index (κ3) is 6.61. The predicted molar refractivity (Wildman–Crippen MR) is 128 cm³/mol. The Balaban J connectivity index is 1.44. The zero-order chi connectivity index (χ0) is 23.1. The van der Waals surface area contributed by atoms with Gasteiger partial charge in [0.05, 0.1) is 5.69 Å². The van der Waals surface area contributed by atoms with Crippen LogP contribution in [-0.4, -0.2) is 76.6 Å². The summed E-state index contributed by atoms with van der Waals surface area (Å²) >= 11 is 0. The standard InChI is InChI=1S/C24H38N6O2/c1-6-28(23(31)32-24(2,3)4)17-19-11-15-29(16-12-19)22(25-5)26-13-10-20-18-30-14-8-7-9-21(30)27-20/h7-9,14,18-19H,6,10-13,15-17H2,1-5H3,(H,25,26). The van der Waals surface area contributed by atoms with Gasteiger partial charge in [-0.05, 0) is 58.6 Å². The molecule has 0 unspecified atom stereocenters. The van der Waals surface area contributed by atoms with Gasteiger partial charge in [-0.15, -0.1) is 0 Å². The Morgan fingerprint density at radius 1 is 1.31 bits per heavy atom. The Morgan fingerprint density at radius 2 is 2.06 bits per heavy atom. The summed E-state index contributed by atoms with van der Waals surface area (Å²) in [4.78, 5) is 25.7. The van der Waals surface area contributed by atoms with Gasteiger partial charge in [0.2, 0.25) is 0 Å². The summed E-state index contributed by atoms with van der Waals surface area (Å²) in [7, 11) is 1.83. The van der Waals surface area contributed by atoms with E-state index < -0.39 is 5.60 Å². The number of nitrogens with one attached hydrogen (secondary N) is 1. The van der Waals surface area contributed by atoms with E-state index in [-0.39, 0.29) is 6.09 Å². The lowest BCUT2D eigenvalue weighted by atomic mass is 9.96. The molecule has 8 nitrogen and oxygen atoms in total. The molecule has 1 saturated heterocycles. The van der Waals surface area contributed by atoms with Gasteiger partial charge in [-0.3, -0.25) is 4.99 Å². The largest absolute Gasteiger partial charge is 0.444 e. The molecule has 1 fully saturated rings. The number of ether oxygens (including phenoxy) is 1. The molecular weight excluding hydrogens is 404 g/mol. The van der Waals surface area contributed by atoms with Crippen molar-refractivity contribution in [3.05, 3.63) is 36.3 Å². The maximum Gasteiger partial charge on any atom is 0.410 e. The number of hydrogen-bond donors (Lipinski definition) is 1. The number of piperidine rings is 1. The highest BCUT2D eigenvalue weighted by Gasteiger charge is 2.27. The average Bonchev–Trinajstić information content (AvgIpc) is 3.17. The van der Waals surface area contributed by atoms with Crippen LogP contribution in [0.4, 0.5) is 4.79 Å². The van der Waals surface area contributed by atoms with Crippen LogP contribution in [0.2, 0.25) is 0 Å². The molecule has 0 bridgehead atoms. The van der Waals surface area contributed by atoms with Crippen LogP contribution in [0.5, 0.6) is 0 Å². The summed E-state index contributed by atoms with van der Waals surface area (Å²) in [5.41, 5.74) is 1.58. The van der Waals surface area contributed by atoms with Gasteiger partial charge in [-0.2, -0.15) is 0 Å². The van der Waals surface area contributed by atoms with E-state index in [0.29, 0.717) is 12.5 Å². The quantitative estimate of drug-likeness (QED) is 0.548. The average molecular weight is 443 g/mol. The predicted octanol–water partition coefficient (Wildman–Crippen LogP) is 3.42. The molecule has 0 atom stereocenters. The van der Waals surface area contributed by atoms with Crippen molar-refractivity contribution in [2.75, 3.05) is 39.8 Å². The van der Waals surface area contributed by atoms with Crippen LogP contribution in [0, 0.1) is 5.92 Å². The van der Waals surface area contributed by atoms with Gasteiger partial charge in [0, 0.05) is 58.6 Å². The Morgan fingerprint density at radius 3 is 2.69 bits per heavy atom. The minimum absolute atomic E-state index is 0.216. The van der Waals surface area contributed by atoms with Crippen LogP contribution in [-0.2, 0) is 11.2 Å². The number of carbonyl (C=O) groups excluding carboxylic acids is 1. The fraction of sp³-hybridized carbons (Fsp3) is 0.625. The van der Waals surface area contributed by atoms with Crippen LogP contribution >= 0.6 is 0 Å². The number of carbonyl (C=O) groups is 1. The Kier molecular flexibility index (Phi) is 7.99. The summed E-state index contributed by atoms with van der Waals surface area (Å²) in [6, 6.07) is 6.03. The molecule has 3 rings (SSSR count). The fourth-order valence-corrected chi connectivity index (χ4v) is 4.04. The first-order chi connectivity index (χ1) is 15.3. The van der Waals surface area contributed by atoms with E-state index in [1.165, 1.54) is 0 Å². The van der Waals surface area contributed by atoms with Crippen molar-refractivity contribution >= 4 is 17.7 Å². The van der Waals surface area contributed by atoms with Crippen molar-refractivity contribution < 1.29 is 9.53 Å². The second-order valence-corrected chi connectivity index (χ2v) is 9.37. The molecule has 0 radical (unpaired) electrons. The molecule has 2 aromatic heterocycles. The molecule has 0 saturated carbocycles. The highest BCUT2D eigenvalue weighted by molar-refractivity contribution is 5.80. The van der Waals surface area contributed by atoms with Crippen molar-refractivity contribution in [2.24, 2.45) is 10.9 Å². The Labute approximate surface area is 191 Å². The number of pyridine rings is 1. The van der Waals surface area contributed by atoms with Crippen LogP contribution < -0.4 is 5.32 Å². The highest BCUT2D eigenvalue weighted by atomic mass is 16.6. The maximum absolute atomic E-state index is 12.4. The molecule has 1 aliphatic heterocycles. The number of aliphatic imine (C=N–C) groups is 1. The molecule has 0 aromatic carbocycles. The van der Waals surface area contributed by atoms with Crippen molar-refractivity contribution in [1.29, 1.82) is 0 Å². The molecule has 0 aliphatic carbocycles. The zero-order valence-corrected chi connectivity index (χ0v) is 20.2. The van der Waals surface area contributed by atoms with Crippen LogP contribution in [0.25, 0.3) is 5.65 Å². The van der Waals surface area contributed by atoms with Crippen molar-refractivity contribution in [2.45, 2.75) is 52.6 Å². The molecule has 1 aliphatic rings. The minimum Gasteiger partial charge on any atom is -0.444 e. The van der Waals surface area contributed by atoms with Gasteiger partial charge in [0.25, 0.3) is 0 Å². The van der Waals surface area contributed by atoms with Gasteiger partial charge in [-0.1, -0.05) is 6.07 Å². The van der Waals surface area contributed by atoms with Crippen LogP contribution in [0.15, 0.2) is 35.6 Å². The van der Waals surface area contributed by atoms with Crippen LogP contribution in [0.1, 0.15) is 46.2 Å². The smallest absolute Gasteiger partial charge is 0.410 e. The van der Waals surface area contributed by atoms with Gasteiger partial charge >= 0.3 is 6.09 Å². The maximum atomic E-state index is 12.4. The van der Waals surface area contributed by atoms with Gasteiger partial charge in [0.15, 0.2) is 5.96 Å². The molecule has 32 heavy (non-hydrogen) atoms. The molecule has 1 N–H and O–H groups in total. The lowest BCUT2D eigenvalue weighted by molar-refractivity contribution is 0.0214. The fourth-order valence-electron chi connectivity index (χ4n) is 4.04. The number of rotatable bonds is 6. The number of aromatic nitrogens is 2. The van der Waals surface area contributed by atoms with Crippen LogP contribution in [0.3, 0.4) is 0 Å². The molecule has 3 heterocycles. The number of amides is 1. The van der Waals surface area contributed by atoms with Gasteiger partial charge < -0.3 is 24.3 Å². The molecule has 0 spiro atoms. The van der Waals surface area contributed by atoms with Gasteiger partial charge in [-0.25, -0.2) is 9.78 Å². The molecule has 2 aromatic rings. The number of imidazole rings is 1. The number of guanidine groups is 1. The second-order valence-electron chi connectivity index (χ2n) is 9.37. The van der Waals surface area contributed by atoms with E-state index in [1.807, 2.05) is 68.4 Å². The van der Waals surface area contributed by atoms with Gasteiger partial charge in [0.1, 0.15) is 11.2 Å². The third-order valence-corrected chi connectivity index (χ3v) is 5.72. The summed E-state index contributed by atoms with van der Waals surface area (Å²) in [5.74, 6) is 1.42. The molecule has 8 heteroatoms. The zero-order valence-electron chi connectivity index (χ0n) is 20.2. The highest BCUT2D eigenvalue weighted by Crippen LogP contribution is 2.20. The van der Waals surface area contributed by atoms with E-state index in [0.717, 1.165) is 62.7 Å². The lowest BCUT2D eigenvalue weighted by Crippen LogP contribution is -2.48. The summed E-state index contributed by atoms with van der Waals surface area (Å²) < 4.78 is 7.60. The molecular formula is C24H38N6O2. The normalized spacial score (nSPS) is 15.8. The Bertz CT molecular complexity index is 876. The summed E-state index contributed by atoms with van der Waals surface area (Å²) in [6.45, 7) is 11.8. The first-order valence-electron chi connectivity index (χ1n) is 11.6. The number of hydrogen-bond acceptors (Lipinski definition) is 4. The molecule has 1 amide bonds. The topological polar surface area (TPSA) is 74.5 Å². The van der Waals surface area contributed by atoms with Crippen molar-refractivity contribution in [3.8, 4) is 0 Å². The molecule has 176 valence electrons. The van der Waals surface area contributed by atoms with E-state index >= 15 is 0 Å². The second kappa shape index (κ2) is 10.7. The number of fused-ring (bicyclic) bond motifs is 1. The summed E-state index contributed by atoms with van der Waals surface area (Å²) in [5, 5.41) is 3.48. The SMILES string of the molecule is CCN(CC1CCN(C(=NC)NCCc2cn3ccccc3n2)CC1)C(=O)OC(C)(C)C.